The molecule has 1 aromatic rings. The molecule has 2 rings (SSSR count). The third-order valence-electron chi connectivity index (χ3n) is 2.83. The first-order chi connectivity index (χ1) is 7.29. The Morgan fingerprint density at radius 2 is 2.60 bits per heavy atom. The van der Waals surface area contributed by atoms with E-state index in [1.165, 1.54) is 24.1 Å². The van der Waals surface area contributed by atoms with Crippen molar-refractivity contribution in [3.05, 3.63) is 17.5 Å². The lowest BCUT2D eigenvalue weighted by Gasteiger charge is -2.18. The predicted molar refractivity (Wildman–Crippen MR) is 59.1 cm³/mol. The number of aromatic nitrogens is 2. The maximum atomic E-state index is 4.80. The molecular weight excluding hydrogens is 190 g/mol. The monoisotopic (exact) mass is 207 g/mol. The highest BCUT2D eigenvalue weighted by Gasteiger charge is 2.20. The zero-order valence-corrected chi connectivity index (χ0v) is 9.31. The van der Waals surface area contributed by atoms with E-state index in [1.54, 1.807) is 7.11 Å². The van der Waals surface area contributed by atoms with Crippen molar-refractivity contribution in [1.82, 2.24) is 9.78 Å². The summed E-state index contributed by atoms with van der Waals surface area (Å²) in [5, 5.41) is 4.44. The molecule has 0 aliphatic heterocycles. The van der Waals surface area contributed by atoms with Crippen LogP contribution in [0, 0.1) is 5.92 Å². The predicted octanol–water partition coefficient (Wildman–Crippen LogP) is 1.20. The molecule has 0 bridgehead atoms. The number of aliphatic imine (C=N–C) groups is 1. The van der Waals surface area contributed by atoms with E-state index in [-0.39, 0.29) is 0 Å². The number of methoxy groups -OCH3 is 1. The summed E-state index contributed by atoms with van der Waals surface area (Å²) in [7, 11) is 3.61. The van der Waals surface area contributed by atoms with Gasteiger partial charge in [-0.1, -0.05) is 0 Å². The first-order valence-corrected chi connectivity index (χ1v) is 5.32. The molecule has 1 atom stereocenters. The molecular formula is C11H17N3O. The van der Waals surface area contributed by atoms with Crippen LogP contribution in [0.3, 0.4) is 0 Å². The molecule has 0 spiro atoms. The first-order valence-electron chi connectivity index (χ1n) is 5.32. The smallest absolute Gasteiger partial charge is 0.168 e. The van der Waals surface area contributed by atoms with Gasteiger partial charge in [0.15, 0.2) is 6.40 Å². The molecule has 4 nitrogen and oxygen atoms in total. The SMILES string of the molecule is COC=NCC1CCc2nn(C)cc2C1. The summed E-state index contributed by atoms with van der Waals surface area (Å²) in [6.07, 6.45) is 7.03. The minimum absolute atomic E-state index is 0.646. The Morgan fingerprint density at radius 1 is 1.73 bits per heavy atom. The second kappa shape index (κ2) is 4.47. The molecule has 0 radical (unpaired) electrons. The van der Waals surface area contributed by atoms with Crippen LogP contribution < -0.4 is 0 Å². The van der Waals surface area contributed by atoms with Crippen molar-refractivity contribution >= 4 is 6.40 Å². The fraction of sp³-hybridized carbons (Fsp3) is 0.636. The van der Waals surface area contributed by atoms with Crippen molar-refractivity contribution in [1.29, 1.82) is 0 Å². The zero-order chi connectivity index (χ0) is 10.7. The molecule has 0 fully saturated rings. The zero-order valence-electron chi connectivity index (χ0n) is 9.31. The third-order valence-corrected chi connectivity index (χ3v) is 2.83. The average molecular weight is 207 g/mol. The second-order valence-electron chi connectivity index (χ2n) is 4.09. The van der Waals surface area contributed by atoms with Gasteiger partial charge in [-0.05, 0) is 30.7 Å². The second-order valence-corrected chi connectivity index (χ2v) is 4.09. The van der Waals surface area contributed by atoms with Gasteiger partial charge in [-0.2, -0.15) is 5.10 Å². The number of aryl methyl sites for hydroxylation is 2. The Bertz CT molecular complexity index is 357. The lowest BCUT2D eigenvalue weighted by molar-refractivity contribution is 0.412. The van der Waals surface area contributed by atoms with E-state index in [1.807, 2.05) is 11.7 Å². The molecule has 4 heteroatoms. The fourth-order valence-electron chi connectivity index (χ4n) is 2.14. The van der Waals surface area contributed by atoms with Crippen LogP contribution in [0.2, 0.25) is 0 Å². The summed E-state index contributed by atoms with van der Waals surface area (Å²) in [5.74, 6) is 0.646. The molecule has 82 valence electrons. The first kappa shape index (κ1) is 10.2. The Labute approximate surface area is 90.0 Å². The van der Waals surface area contributed by atoms with Crippen molar-refractivity contribution in [3.63, 3.8) is 0 Å². The Morgan fingerprint density at radius 3 is 3.40 bits per heavy atom. The fourth-order valence-corrected chi connectivity index (χ4v) is 2.14. The largest absolute Gasteiger partial charge is 0.487 e. The summed E-state index contributed by atoms with van der Waals surface area (Å²) < 4.78 is 6.71. The molecule has 0 N–H and O–H groups in total. The van der Waals surface area contributed by atoms with Crippen LogP contribution in [0.5, 0.6) is 0 Å². The number of fused-ring (bicyclic) bond motifs is 1. The van der Waals surface area contributed by atoms with Gasteiger partial charge < -0.3 is 4.74 Å². The molecule has 1 aromatic heterocycles. The summed E-state index contributed by atoms with van der Waals surface area (Å²) in [5.41, 5.74) is 2.66. The highest BCUT2D eigenvalue weighted by atomic mass is 16.5. The van der Waals surface area contributed by atoms with E-state index in [2.05, 4.69) is 16.3 Å². The van der Waals surface area contributed by atoms with E-state index >= 15 is 0 Å². The topological polar surface area (TPSA) is 39.4 Å². The highest BCUT2D eigenvalue weighted by Crippen LogP contribution is 2.24. The van der Waals surface area contributed by atoms with Gasteiger partial charge in [0.1, 0.15) is 0 Å². The Hall–Kier alpha value is -1.32. The van der Waals surface area contributed by atoms with E-state index in [0.717, 1.165) is 19.4 Å². The number of ether oxygens (including phenoxy) is 1. The maximum Gasteiger partial charge on any atom is 0.168 e. The van der Waals surface area contributed by atoms with Gasteiger partial charge in [-0.15, -0.1) is 0 Å². The van der Waals surface area contributed by atoms with Crippen LogP contribution >= 0.6 is 0 Å². The van der Waals surface area contributed by atoms with Gasteiger partial charge in [0.05, 0.1) is 12.8 Å². The van der Waals surface area contributed by atoms with Gasteiger partial charge in [-0.3, -0.25) is 9.67 Å². The Kier molecular flexibility index (Phi) is 3.04. The molecule has 15 heavy (non-hydrogen) atoms. The minimum Gasteiger partial charge on any atom is -0.487 e. The standard InChI is InChI=1S/C11H17N3O/c1-14-7-10-5-9(6-12-8-15-2)3-4-11(10)13-14/h7-9H,3-6H2,1-2H3. The maximum absolute atomic E-state index is 4.80. The van der Waals surface area contributed by atoms with E-state index < -0.39 is 0 Å². The minimum atomic E-state index is 0.646. The van der Waals surface area contributed by atoms with Crippen LogP contribution in [0.15, 0.2) is 11.2 Å². The van der Waals surface area contributed by atoms with E-state index in [0.29, 0.717) is 5.92 Å². The Balaban J connectivity index is 1.96. The average Bonchev–Trinajstić information content (AvgIpc) is 2.57. The van der Waals surface area contributed by atoms with Gasteiger partial charge in [-0.25, -0.2) is 0 Å². The van der Waals surface area contributed by atoms with Gasteiger partial charge in [0.2, 0.25) is 0 Å². The van der Waals surface area contributed by atoms with Gasteiger partial charge in [0.25, 0.3) is 0 Å². The molecule has 0 aromatic carbocycles. The van der Waals surface area contributed by atoms with Crippen molar-refractivity contribution < 1.29 is 4.74 Å². The van der Waals surface area contributed by atoms with Crippen molar-refractivity contribution in [2.45, 2.75) is 19.3 Å². The molecule has 1 aliphatic rings. The van der Waals surface area contributed by atoms with Crippen LogP contribution in [-0.2, 0) is 24.6 Å². The number of rotatable bonds is 3. The van der Waals surface area contributed by atoms with Crippen LogP contribution in [0.4, 0.5) is 0 Å². The van der Waals surface area contributed by atoms with Gasteiger partial charge >= 0.3 is 0 Å². The molecule has 0 saturated carbocycles. The summed E-state index contributed by atoms with van der Waals surface area (Å²) in [6.45, 7) is 0.863. The molecule has 1 aliphatic carbocycles. The van der Waals surface area contributed by atoms with Crippen LogP contribution in [0.1, 0.15) is 17.7 Å². The van der Waals surface area contributed by atoms with Crippen LogP contribution in [0.25, 0.3) is 0 Å². The molecule has 0 saturated heterocycles. The number of hydrogen-bond donors (Lipinski definition) is 0. The third kappa shape index (κ3) is 2.37. The lowest BCUT2D eigenvalue weighted by Crippen LogP contribution is -2.16. The number of hydrogen-bond acceptors (Lipinski definition) is 3. The quantitative estimate of drug-likeness (QED) is 0.552. The van der Waals surface area contributed by atoms with Crippen molar-refractivity contribution in [2.75, 3.05) is 13.7 Å². The molecule has 1 heterocycles. The molecule has 0 amide bonds. The summed E-state index contributed by atoms with van der Waals surface area (Å²) >= 11 is 0. The highest BCUT2D eigenvalue weighted by molar-refractivity contribution is 5.45. The number of nitrogens with zero attached hydrogens (tertiary/aromatic N) is 3. The molecule has 1 unspecified atom stereocenters. The summed E-state index contributed by atoms with van der Waals surface area (Å²) in [4.78, 5) is 4.22. The van der Waals surface area contributed by atoms with Crippen LogP contribution in [-0.4, -0.2) is 29.8 Å². The van der Waals surface area contributed by atoms with E-state index in [4.69, 9.17) is 4.74 Å². The van der Waals surface area contributed by atoms with E-state index in [9.17, 15) is 0 Å². The lowest BCUT2D eigenvalue weighted by atomic mass is 9.88. The normalized spacial score (nSPS) is 20.5. The van der Waals surface area contributed by atoms with Gasteiger partial charge in [0, 0.05) is 19.8 Å². The summed E-state index contributed by atoms with van der Waals surface area (Å²) in [6, 6.07) is 0. The van der Waals surface area contributed by atoms with Crippen molar-refractivity contribution in [2.24, 2.45) is 18.0 Å². The van der Waals surface area contributed by atoms with Crippen molar-refractivity contribution in [3.8, 4) is 0 Å².